The molecule has 0 spiro atoms. The second-order valence-electron chi connectivity index (χ2n) is 7.07. The zero-order valence-electron chi connectivity index (χ0n) is 16.3. The molecule has 150 valence electrons. The molecular formula is C21H24N6O2. The number of aromatic nitrogens is 4. The van der Waals surface area contributed by atoms with E-state index in [0.717, 1.165) is 24.4 Å². The number of imidazole rings is 1. The van der Waals surface area contributed by atoms with Crippen LogP contribution < -0.4 is 10.1 Å². The van der Waals surface area contributed by atoms with Gasteiger partial charge >= 0.3 is 0 Å². The first-order valence-electron chi connectivity index (χ1n) is 9.77. The average molecular weight is 392 g/mol. The Morgan fingerprint density at radius 3 is 2.72 bits per heavy atom. The van der Waals surface area contributed by atoms with E-state index in [1.807, 2.05) is 36.1 Å². The van der Waals surface area contributed by atoms with Crippen molar-refractivity contribution >= 4 is 11.7 Å². The van der Waals surface area contributed by atoms with E-state index < -0.39 is 0 Å². The van der Waals surface area contributed by atoms with Gasteiger partial charge in [-0.05, 0) is 31.2 Å². The zero-order valence-corrected chi connectivity index (χ0v) is 16.3. The molecule has 0 bridgehead atoms. The maximum Gasteiger partial charge on any atom is 0.255 e. The molecule has 0 radical (unpaired) electrons. The highest BCUT2D eigenvalue weighted by atomic mass is 16.5. The van der Waals surface area contributed by atoms with Crippen molar-refractivity contribution in [2.45, 2.75) is 31.9 Å². The van der Waals surface area contributed by atoms with E-state index in [2.05, 4.69) is 25.3 Å². The highest BCUT2D eigenvalue weighted by molar-refractivity contribution is 5.94. The summed E-state index contributed by atoms with van der Waals surface area (Å²) in [5.74, 6) is 2.31. The molecule has 8 nitrogen and oxygen atoms in total. The Bertz CT molecular complexity index is 906. The van der Waals surface area contributed by atoms with Crippen LogP contribution in [0, 0.1) is 0 Å². The number of likely N-dealkylation sites (tertiary alicyclic amines) is 1. The highest BCUT2D eigenvalue weighted by Gasteiger charge is 2.25. The molecule has 0 aromatic carbocycles. The summed E-state index contributed by atoms with van der Waals surface area (Å²) in [7, 11) is 0. The standard InChI is InChI=1S/C21H24N6O2/c1-15(20-23-9-10-24-20)26-19-5-4-16(13-25-19)21(28)27-11-6-17(7-12-27)29-18-3-2-8-22-14-18/h2-5,8-10,13-15,17H,6-7,11-12H2,1H3,(H,23,24)(H,25,26)/t15-/m1/s1. The molecule has 4 heterocycles. The Hall–Kier alpha value is -3.42. The van der Waals surface area contributed by atoms with Crippen LogP contribution in [0.4, 0.5) is 5.82 Å². The van der Waals surface area contributed by atoms with E-state index in [1.54, 1.807) is 31.0 Å². The van der Waals surface area contributed by atoms with Gasteiger partial charge in [-0.15, -0.1) is 0 Å². The number of hydrogen-bond donors (Lipinski definition) is 2. The molecule has 4 rings (SSSR count). The summed E-state index contributed by atoms with van der Waals surface area (Å²) in [6.45, 7) is 3.33. The summed E-state index contributed by atoms with van der Waals surface area (Å²) in [6.07, 6.45) is 10.3. The van der Waals surface area contributed by atoms with Crippen LogP contribution >= 0.6 is 0 Å². The van der Waals surface area contributed by atoms with Crippen molar-refractivity contribution in [1.82, 2.24) is 24.8 Å². The normalized spacial score (nSPS) is 15.7. The monoisotopic (exact) mass is 392 g/mol. The number of carbonyl (C=O) groups is 1. The smallest absolute Gasteiger partial charge is 0.255 e. The third-order valence-electron chi connectivity index (χ3n) is 4.97. The molecule has 0 aliphatic carbocycles. The SMILES string of the molecule is C[C@@H](Nc1ccc(C(=O)N2CCC(Oc3cccnc3)CC2)cn1)c1ncc[nH]1. The van der Waals surface area contributed by atoms with Gasteiger partial charge in [0.15, 0.2) is 0 Å². The third-order valence-corrected chi connectivity index (χ3v) is 4.97. The third kappa shape index (κ3) is 4.71. The van der Waals surface area contributed by atoms with Crippen molar-refractivity contribution in [3.8, 4) is 5.75 Å². The van der Waals surface area contributed by atoms with Crippen molar-refractivity contribution < 1.29 is 9.53 Å². The van der Waals surface area contributed by atoms with Gasteiger partial charge in [-0.25, -0.2) is 9.97 Å². The fourth-order valence-corrected chi connectivity index (χ4v) is 3.38. The predicted octanol–water partition coefficient (Wildman–Crippen LogP) is 3.06. The van der Waals surface area contributed by atoms with E-state index in [-0.39, 0.29) is 18.1 Å². The first-order valence-corrected chi connectivity index (χ1v) is 9.77. The topological polar surface area (TPSA) is 96.0 Å². The minimum Gasteiger partial charge on any atom is -0.489 e. The number of nitrogens with one attached hydrogen (secondary N) is 2. The molecule has 1 amide bonds. The first kappa shape index (κ1) is 18.9. The number of ether oxygens (including phenoxy) is 1. The fraction of sp³-hybridized carbons (Fsp3) is 0.333. The van der Waals surface area contributed by atoms with E-state index in [0.29, 0.717) is 24.5 Å². The van der Waals surface area contributed by atoms with E-state index in [9.17, 15) is 4.79 Å². The lowest BCUT2D eigenvalue weighted by atomic mass is 10.1. The van der Waals surface area contributed by atoms with Crippen LogP contribution in [0.15, 0.2) is 55.2 Å². The minimum absolute atomic E-state index is 0.00195. The van der Waals surface area contributed by atoms with E-state index >= 15 is 0 Å². The minimum atomic E-state index is -0.00195. The molecule has 8 heteroatoms. The van der Waals surface area contributed by atoms with Gasteiger partial charge in [0, 0.05) is 50.7 Å². The Balaban J connectivity index is 1.29. The van der Waals surface area contributed by atoms with Crippen LogP contribution in [0.3, 0.4) is 0 Å². The van der Waals surface area contributed by atoms with Crippen LogP contribution in [0.1, 0.15) is 42.0 Å². The molecular weight excluding hydrogens is 368 g/mol. The number of aromatic amines is 1. The van der Waals surface area contributed by atoms with Crippen LogP contribution in [0.2, 0.25) is 0 Å². The van der Waals surface area contributed by atoms with Gasteiger partial charge in [0.1, 0.15) is 23.5 Å². The lowest BCUT2D eigenvalue weighted by molar-refractivity contribution is 0.0594. The number of hydrogen-bond acceptors (Lipinski definition) is 6. The number of nitrogens with zero attached hydrogens (tertiary/aromatic N) is 4. The second kappa shape index (κ2) is 8.72. The van der Waals surface area contributed by atoms with Gasteiger partial charge in [-0.2, -0.15) is 0 Å². The van der Waals surface area contributed by atoms with Gasteiger partial charge < -0.3 is 19.9 Å². The predicted molar refractivity (Wildman–Crippen MR) is 109 cm³/mol. The fourth-order valence-electron chi connectivity index (χ4n) is 3.38. The molecule has 1 atom stereocenters. The number of H-pyrrole nitrogens is 1. The number of rotatable bonds is 6. The summed E-state index contributed by atoms with van der Waals surface area (Å²) in [6, 6.07) is 7.39. The second-order valence-corrected chi connectivity index (χ2v) is 7.07. The van der Waals surface area contributed by atoms with E-state index in [1.165, 1.54) is 0 Å². The number of carbonyl (C=O) groups excluding carboxylic acids is 1. The Kier molecular flexibility index (Phi) is 5.69. The van der Waals surface area contributed by atoms with Crippen molar-refractivity contribution in [3.63, 3.8) is 0 Å². The lowest BCUT2D eigenvalue weighted by Gasteiger charge is -2.32. The van der Waals surface area contributed by atoms with Crippen molar-refractivity contribution in [3.05, 3.63) is 66.6 Å². The van der Waals surface area contributed by atoms with Crippen molar-refractivity contribution in [1.29, 1.82) is 0 Å². The summed E-state index contributed by atoms with van der Waals surface area (Å²) >= 11 is 0. The number of piperidine rings is 1. The molecule has 3 aromatic rings. The molecule has 0 saturated carbocycles. The van der Waals surface area contributed by atoms with Crippen molar-refractivity contribution in [2.24, 2.45) is 0 Å². The summed E-state index contributed by atoms with van der Waals surface area (Å²) in [5.41, 5.74) is 0.591. The molecule has 1 aliphatic rings. The molecule has 1 saturated heterocycles. The number of amides is 1. The Morgan fingerprint density at radius 2 is 2.07 bits per heavy atom. The maximum atomic E-state index is 12.8. The Morgan fingerprint density at radius 1 is 1.21 bits per heavy atom. The molecule has 1 aliphatic heterocycles. The number of pyridine rings is 2. The largest absolute Gasteiger partial charge is 0.489 e. The van der Waals surface area contributed by atoms with Gasteiger partial charge in [0.05, 0.1) is 17.8 Å². The van der Waals surface area contributed by atoms with Crippen LogP contribution in [0.5, 0.6) is 5.75 Å². The average Bonchev–Trinajstić information content (AvgIpc) is 3.30. The van der Waals surface area contributed by atoms with Crippen LogP contribution in [0.25, 0.3) is 0 Å². The van der Waals surface area contributed by atoms with Gasteiger partial charge in [-0.1, -0.05) is 0 Å². The maximum absolute atomic E-state index is 12.8. The molecule has 2 N–H and O–H groups in total. The van der Waals surface area contributed by atoms with Crippen molar-refractivity contribution in [2.75, 3.05) is 18.4 Å². The Labute approximate surface area is 169 Å². The first-order chi connectivity index (χ1) is 14.2. The number of anilines is 1. The quantitative estimate of drug-likeness (QED) is 0.669. The molecule has 29 heavy (non-hydrogen) atoms. The highest BCUT2D eigenvalue weighted by Crippen LogP contribution is 2.20. The van der Waals surface area contributed by atoms with Crippen LogP contribution in [-0.4, -0.2) is 49.9 Å². The summed E-state index contributed by atoms with van der Waals surface area (Å²) < 4.78 is 5.94. The lowest BCUT2D eigenvalue weighted by Crippen LogP contribution is -2.41. The summed E-state index contributed by atoms with van der Waals surface area (Å²) in [5, 5.41) is 3.27. The summed E-state index contributed by atoms with van der Waals surface area (Å²) in [4.78, 5) is 30.4. The zero-order chi connectivity index (χ0) is 20.1. The van der Waals surface area contributed by atoms with Gasteiger partial charge in [0.2, 0.25) is 0 Å². The van der Waals surface area contributed by atoms with Gasteiger partial charge in [-0.3, -0.25) is 9.78 Å². The van der Waals surface area contributed by atoms with E-state index in [4.69, 9.17) is 4.74 Å². The van der Waals surface area contributed by atoms with Crippen LogP contribution in [-0.2, 0) is 0 Å². The van der Waals surface area contributed by atoms with Gasteiger partial charge in [0.25, 0.3) is 5.91 Å². The molecule has 1 fully saturated rings. The molecule has 3 aromatic heterocycles. The molecule has 0 unspecified atom stereocenters.